The first-order chi connectivity index (χ1) is 12.7. The normalized spacial score (nSPS) is 11.1. The highest BCUT2D eigenvalue weighted by Crippen LogP contribution is 2.18. The number of nitrogens with zero attached hydrogens (tertiary/aromatic N) is 4. The number of rotatable bonds is 7. The average Bonchev–Trinajstić information content (AvgIpc) is 3.33. The van der Waals surface area contributed by atoms with E-state index >= 15 is 0 Å². The van der Waals surface area contributed by atoms with Crippen molar-refractivity contribution in [1.82, 2.24) is 25.4 Å². The molecule has 0 bridgehead atoms. The molecule has 0 aliphatic heterocycles. The highest BCUT2D eigenvalue weighted by Gasteiger charge is 2.07. The molecule has 2 heterocycles. The Morgan fingerprint density at radius 2 is 2.04 bits per heavy atom. The number of guanidine groups is 1. The van der Waals surface area contributed by atoms with Crippen LogP contribution in [0.2, 0.25) is 0 Å². The fourth-order valence-corrected chi connectivity index (χ4v) is 2.49. The maximum atomic E-state index is 5.58. The Morgan fingerprint density at radius 1 is 1.22 bits per heavy atom. The van der Waals surface area contributed by atoms with E-state index in [1.807, 2.05) is 41.2 Å². The third-order valence-electron chi connectivity index (χ3n) is 3.93. The standard InChI is InChI=1S/C19H24N6O.HI/c1-15-5-7-16(8-6-15)18-24-17(14-26-18)13-22-19(20-2)21-9-3-11-25-12-4-10-23-25;/h4-8,10,12,14H,3,9,11,13H2,1-2H3,(H2,20,21,22);1H. The molecular weight excluding hydrogens is 455 g/mol. The second-order valence-electron chi connectivity index (χ2n) is 5.99. The minimum Gasteiger partial charge on any atom is -0.444 e. The van der Waals surface area contributed by atoms with Gasteiger partial charge in [-0.1, -0.05) is 17.7 Å². The van der Waals surface area contributed by atoms with Crippen LogP contribution >= 0.6 is 24.0 Å². The highest BCUT2D eigenvalue weighted by atomic mass is 127. The summed E-state index contributed by atoms with van der Waals surface area (Å²) < 4.78 is 7.49. The minimum atomic E-state index is 0. The first kappa shape index (κ1) is 20.9. The van der Waals surface area contributed by atoms with Crippen LogP contribution in [0.3, 0.4) is 0 Å². The molecule has 0 fully saturated rings. The van der Waals surface area contributed by atoms with E-state index in [-0.39, 0.29) is 24.0 Å². The van der Waals surface area contributed by atoms with Crippen LogP contribution < -0.4 is 10.6 Å². The number of hydrogen-bond donors (Lipinski definition) is 2. The van der Waals surface area contributed by atoms with Gasteiger partial charge in [0, 0.05) is 38.1 Å². The average molecular weight is 480 g/mol. The third kappa shape index (κ3) is 6.38. The van der Waals surface area contributed by atoms with Gasteiger partial charge in [0.05, 0.1) is 12.2 Å². The van der Waals surface area contributed by atoms with Crippen molar-refractivity contribution in [3.63, 3.8) is 0 Å². The second-order valence-corrected chi connectivity index (χ2v) is 5.99. The zero-order valence-corrected chi connectivity index (χ0v) is 17.9. The number of benzene rings is 1. The maximum Gasteiger partial charge on any atom is 0.226 e. The molecule has 3 rings (SSSR count). The van der Waals surface area contributed by atoms with Crippen LogP contribution in [0.1, 0.15) is 17.7 Å². The van der Waals surface area contributed by atoms with Gasteiger partial charge in [0.25, 0.3) is 0 Å². The van der Waals surface area contributed by atoms with Crippen molar-refractivity contribution in [1.29, 1.82) is 0 Å². The molecule has 7 nitrogen and oxygen atoms in total. The number of oxazole rings is 1. The lowest BCUT2D eigenvalue weighted by Crippen LogP contribution is -2.37. The van der Waals surface area contributed by atoms with E-state index in [9.17, 15) is 0 Å². The molecule has 0 saturated heterocycles. The summed E-state index contributed by atoms with van der Waals surface area (Å²) in [5.41, 5.74) is 3.02. The fourth-order valence-electron chi connectivity index (χ4n) is 2.49. The Morgan fingerprint density at radius 3 is 2.74 bits per heavy atom. The number of nitrogens with one attached hydrogen (secondary N) is 2. The van der Waals surface area contributed by atoms with E-state index < -0.39 is 0 Å². The summed E-state index contributed by atoms with van der Waals surface area (Å²) in [5, 5.41) is 10.7. The molecule has 0 atom stereocenters. The predicted molar refractivity (Wildman–Crippen MR) is 117 cm³/mol. The van der Waals surface area contributed by atoms with E-state index in [2.05, 4.69) is 32.6 Å². The number of halogens is 1. The number of aliphatic imine (C=N–C) groups is 1. The van der Waals surface area contributed by atoms with Gasteiger partial charge < -0.3 is 15.1 Å². The van der Waals surface area contributed by atoms with Crippen molar-refractivity contribution in [3.8, 4) is 11.5 Å². The summed E-state index contributed by atoms with van der Waals surface area (Å²) in [5.74, 6) is 1.37. The van der Waals surface area contributed by atoms with E-state index in [1.165, 1.54) is 5.56 Å². The van der Waals surface area contributed by atoms with Crippen LogP contribution in [0.15, 0.2) is 58.4 Å². The van der Waals surface area contributed by atoms with Gasteiger partial charge in [-0.05, 0) is 31.5 Å². The van der Waals surface area contributed by atoms with Gasteiger partial charge >= 0.3 is 0 Å². The molecule has 144 valence electrons. The monoisotopic (exact) mass is 480 g/mol. The SMILES string of the molecule is CN=C(NCCCn1cccn1)NCc1coc(-c2ccc(C)cc2)n1.I. The molecule has 0 unspecified atom stereocenters. The predicted octanol–water partition coefficient (Wildman–Crippen LogP) is 3.22. The van der Waals surface area contributed by atoms with Gasteiger partial charge in [0.2, 0.25) is 5.89 Å². The van der Waals surface area contributed by atoms with Crippen molar-refractivity contribution < 1.29 is 4.42 Å². The highest BCUT2D eigenvalue weighted by molar-refractivity contribution is 14.0. The van der Waals surface area contributed by atoms with Crippen molar-refractivity contribution in [2.45, 2.75) is 26.4 Å². The van der Waals surface area contributed by atoms with E-state index in [0.29, 0.717) is 12.4 Å². The van der Waals surface area contributed by atoms with Crippen LogP contribution in [-0.4, -0.2) is 34.3 Å². The van der Waals surface area contributed by atoms with Gasteiger partial charge in [-0.2, -0.15) is 5.10 Å². The summed E-state index contributed by atoms with van der Waals surface area (Å²) in [6, 6.07) is 10.0. The van der Waals surface area contributed by atoms with Crippen molar-refractivity contribution >= 4 is 29.9 Å². The summed E-state index contributed by atoms with van der Waals surface area (Å²) in [4.78, 5) is 8.75. The van der Waals surface area contributed by atoms with Gasteiger partial charge in [0.15, 0.2) is 5.96 Å². The summed E-state index contributed by atoms with van der Waals surface area (Å²) >= 11 is 0. The Kier molecular flexibility index (Phi) is 8.31. The van der Waals surface area contributed by atoms with Crippen LogP contribution in [0.4, 0.5) is 0 Å². The number of aryl methyl sites for hydroxylation is 2. The van der Waals surface area contributed by atoms with Gasteiger partial charge in [-0.25, -0.2) is 4.98 Å². The largest absolute Gasteiger partial charge is 0.444 e. The molecule has 8 heteroatoms. The third-order valence-corrected chi connectivity index (χ3v) is 3.93. The summed E-state index contributed by atoms with van der Waals surface area (Å²) in [7, 11) is 1.75. The lowest BCUT2D eigenvalue weighted by Gasteiger charge is -2.10. The molecule has 0 aliphatic rings. The molecule has 2 N–H and O–H groups in total. The van der Waals surface area contributed by atoms with Crippen molar-refractivity contribution in [2.75, 3.05) is 13.6 Å². The van der Waals surface area contributed by atoms with Gasteiger partial charge in [0.1, 0.15) is 6.26 Å². The molecule has 0 amide bonds. The summed E-state index contributed by atoms with van der Waals surface area (Å²) in [6.07, 6.45) is 6.39. The topological polar surface area (TPSA) is 80.3 Å². The minimum absolute atomic E-state index is 0. The van der Waals surface area contributed by atoms with Crippen molar-refractivity contribution in [2.24, 2.45) is 4.99 Å². The zero-order chi connectivity index (χ0) is 18.2. The Balaban J connectivity index is 0.00000261. The Hall–Kier alpha value is -2.36. The quantitative estimate of drug-likeness (QED) is 0.235. The molecule has 27 heavy (non-hydrogen) atoms. The number of aromatic nitrogens is 3. The smallest absolute Gasteiger partial charge is 0.226 e. The Bertz CT molecular complexity index is 826. The molecule has 0 spiro atoms. The first-order valence-electron chi connectivity index (χ1n) is 8.68. The van der Waals surface area contributed by atoms with Crippen LogP contribution in [-0.2, 0) is 13.1 Å². The Labute approximate surface area is 176 Å². The second kappa shape index (κ2) is 10.7. The van der Waals surface area contributed by atoms with Gasteiger partial charge in [-0.3, -0.25) is 9.67 Å². The molecule has 0 aliphatic carbocycles. The molecule has 3 aromatic rings. The van der Waals surface area contributed by atoms with E-state index in [0.717, 1.165) is 36.7 Å². The molecule has 0 radical (unpaired) electrons. The first-order valence-corrected chi connectivity index (χ1v) is 8.68. The lowest BCUT2D eigenvalue weighted by atomic mass is 10.1. The fraction of sp³-hybridized carbons (Fsp3) is 0.316. The molecule has 0 saturated carbocycles. The van der Waals surface area contributed by atoms with E-state index in [4.69, 9.17) is 4.42 Å². The van der Waals surface area contributed by atoms with Crippen LogP contribution in [0, 0.1) is 6.92 Å². The van der Waals surface area contributed by atoms with Crippen molar-refractivity contribution in [3.05, 3.63) is 60.2 Å². The molecular formula is C19H25IN6O. The van der Waals surface area contributed by atoms with Gasteiger partial charge in [-0.15, -0.1) is 24.0 Å². The zero-order valence-electron chi connectivity index (χ0n) is 15.6. The molecule has 1 aromatic carbocycles. The number of hydrogen-bond acceptors (Lipinski definition) is 4. The van der Waals surface area contributed by atoms with Crippen LogP contribution in [0.25, 0.3) is 11.5 Å². The molecule has 2 aromatic heterocycles. The maximum absolute atomic E-state index is 5.58. The lowest BCUT2D eigenvalue weighted by molar-refractivity contribution is 0.568. The summed E-state index contributed by atoms with van der Waals surface area (Å²) in [6.45, 7) is 4.30. The van der Waals surface area contributed by atoms with Crippen LogP contribution in [0.5, 0.6) is 0 Å². The van der Waals surface area contributed by atoms with E-state index in [1.54, 1.807) is 19.5 Å².